The van der Waals surface area contributed by atoms with E-state index < -0.39 is 11.7 Å². The summed E-state index contributed by atoms with van der Waals surface area (Å²) in [4.78, 5) is 29.1. The van der Waals surface area contributed by atoms with Crippen LogP contribution in [0.1, 0.15) is 28.7 Å². The van der Waals surface area contributed by atoms with E-state index in [1.165, 1.54) is 12.3 Å². The fourth-order valence-electron chi connectivity index (χ4n) is 3.02. The zero-order valence-corrected chi connectivity index (χ0v) is 14.9. The van der Waals surface area contributed by atoms with Gasteiger partial charge in [0.2, 0.25) is 11.8 Å². The van der Waals surface area contributed by atoms with E-state index in [2.05, 4.69) is 16.9 Å². The molecule has 0 fully saturated rings. The molecule has 0 aliphatic carbocycles. The van der Waals surface area contributed by atoms with Gasteiger partial charge in [0, 0.05) is 37.6 Å². The number of fused-ring (bicyclic) bond motifs is 1. The Bertz CT molecular complexity index is 925. The molecular formula is C20H18F3N3O2. The number of halogens is 3. The topological polar surface area (TPSA) is 62.3 Å². The Morgan fingerprint density at radius 1 is 1.18 bits per heavy atom. The van der Waals surface area contributed by atoms with Crippen LogP contribution in [0.3, 0.4) is 0 Å². The van der Waals surface area contributed by atoms with Crippen molar-refractivity contribution in [3.63, 3.8) is 0 Å². The van der Waals surface area contributed by atoms with Crippen LogP contribution in [0.15, 0.2) is 49.3 Å². The first-order chi connectivity index (χ1) is 13.3. The smallest absolute Gasteiger partial charge is 0.331 e. The molecule has 1 aromatic heterocycles. The Hall–Kier alpha value is -3.16. The lowest BCUT2D eigenvalue weighted by Crippen LogP contribution is -2.22. The zero-order valence-electron chi connectivity index (χ0n) is 14.9. The van der Waals surface area contributed by atoms with Crippen molar-refractivity contribution < 1.29 is 22.8 Å². The van der Waals surface area contributed by atoms with Gasteiger partial charge in [-0.25, -0.2) is 0 Å². The second kappa shape index (κ2) is 7.84. The van der Waals surface area contributed by atoms with E-state index in [0.717, 1.165) is 23.4 Å². The van der Waals surface area contributed by atoms with Gasteiger partial charge in [0.25, 0.3) is 0 Å². The van der Waals surface area contributed by atoms with E-state index in [-0.39, 0.29) is 24.7 Å². The van der Waals surface area contributed by atoms with E-state index >= 15 is 0 Å². The summed E-state index contributed by atoms with van der Waals surface area (Å²) in [5.74, 6) is -0.467. The van der Waals surface area contributed by atoms with Gasteiger partial charge in [-0.2, -0.15) is 13.2 Å². The van der Waals surface area contributed by atoms with Gasteiger partial charge in [0.15, 0.2) is 0 Å². The maximum Gasteiger partial charge on any atom is 0.417 e. The molecule has 8 heteroatoms. The van der Waals surface area contributed by atoms with Crippen molar-refractivity contribution in [2.45, 2.75) is 32.1 Å². The number of carbonyl (C=O) groups excluding carboxylic acids is 2. The molecular weight excluding hydrogens is 371 g/mol. The van der Waals surface area contributed by atoms with Gasteiger partial charge in [-0.05, 0) is 47.4 Å². The lowest BCUT2D eigenvalue weighted by molar-refractivity contribution is -0.137. The molecule has 0 saturated carbocycles. The number of alkyl halides is 3. The summed E-state index contributed by atoms with van der Waals surface area (Å²) in [5.41, 5.74) is 2.04. The third-order valence-electron chi connectivity index (χ3n) is 4.46. The Balaban J connectivity index is 1.58. The Labute approximate surface area is 159 Å². The molecule has 1 aliphatic rings. The number of rotatable bonds is 5. The summed E-state index contributed by atoms with van der Waals surface area (Å²) in [6.45, 7) is 4.42. The SMILES string of the molecule is C=CC(=O)N1Cc2ccc(NC(=O)CCc3cncc(C(F)(F)F)c3)cc2C1. The number of hydrogen-bond acceptors (Lipinski definition) is 3. The summed E-state index contributed by atoms with van der Waals surface area (Å²) in [7, 11) is 0. The maximum atomic E-state index is 12.7. The minimum Gasteiger partial charge on any atom is -0.331 e. The molecule has 2 amide bonds. The maximum absolute atomic E-state index is 12.7. The molecule has 1 aromatic carbocycles. The molecule has 0 spiro atoms. The van der Waals surface area contributed by atoms with Gasteiger partial charge in [-0.15, -0.1) is 0 Å². The second-order valence-corrected chi connectivity index (χ2v) is 6.51. The summed E-state index contributed by atoms with van der Waals surface area (Å²) >= 11 is 0. The number of nitrogens with one attached hydrogen (secondary N) is 1. The molecule has 5 nitrogen and oxygen atoms in total. The van der Waals surface area contributed by atoms with Gasteiger partial charge in [-0.1, -0.05) is 12.6 Å². The van der Waals surface area contributed by atoms with Gasteiger partial charge >= 0.3 is 6.18 Å². The number of aryl methyl sites for hydroxylation is 1. The highest BCUT2D eigenvalue weighted by Crippen LogP contribution is 2.29. The highest BCUT2D eigenvalue weighted by molar-refractivity contribution is 5.91. The molecule has 0 atom stereocenters. The van der Waals surface area contributed by atoms with Crippen LogP contribution in [0, 0.1) is 0 Å². The Kier molecular flexibility index (Phi) is 5.48. The fraction of sp³-hybridized carbons (Fsp3) is 0.250. The van der Waals surface area contributed by atoms with E-state index in [4.69, 9.17) is 0 Å². The summed E-state index contributed by atoms with van der Waals surface area (Å²) in [6.07, 6.45) is -0.943. The van der Waals surface area contributed by atoms with Crippen LogP contribution in [-0.2, 0) is 35.3 Å². The highest BCUT2D eigenvalue weighted by atomic mass is 19.4. The molecule has 0 radical (unpaired) electrons. The van der Waals surface area contributed by atoms with Crippen LogP contribution < -0.4 is 5.32 Å². The number of anilines is 1. The Morgan fingerprint density at radius 2 is 1.93 bits per heavy atom. The van der Waals surface area contributed by atoms with Gasteiger partial charge in [-0.3, -0.25) is 14.6 Å². The minimum absolute atomic E-state index is 0.0289. The number of pyridine rings is 1. The second-order valence-electron chi connectivity index (χ2n) is 6.51. The first-order valence-corrected chi connectivity index (χ1v) is 8.60. The molecule has 0 saturated heterocycles. The highest BCUT2D eigenvalue weighted by Gasteiger charge is 2.31. The molecule has 2 aromatic rings. The molecule has 0 unspecified atom stereocenters. The van der Waals surface area contributed by atoms with Crippen LogP contribution in [0.25, 0.3) is 0 Å². The third-order valence-corrected chi connectivity index (χ3v) is 4.46. The third kappa shape index (κ3) is 4.57. The average Bonchev–Trinajstić information content (AvgIpc) is 3.08. The van der Waals surface area contributed by atoms with Crippen LogP contribution in [-0.4, -0.2) is 21.7 Å². The summed E-state index contributed by atoms with van der Waals surface area (Å²) < 4.78 is 38.1. The van der Waals surface area contributed by atoms with Crippen molar-refractivity contribution in [1.82, 2.24) is 9.88 Å². The lowest BCUT2D eigenvalue weighted by atomic mass is 10.1. The predicted octanol–water partition coefficient (Wildman–Crippen LogP) is 3.70. The first kappa shape index (κ1) is 19.6. The molecule has 2 heterocycles. The van der Waals surface area contributed by atoms with Crippen LogP contribution in [0.5, 0.6) is 0 Å². The van der Waals surface area contributed by atoms with Crippen molar-refractivity contribution in [3.8, 4) is 0 Å². The standard InChI is InChI=1S/C20H18F3N3O2/c1-2-19(28)26-11-14-4-5-17(8-15(14)12-26)25-18(27)6-3-13-7-16(10-24-9-13)20(21,22)23/h2,4-5,7-10H,1,3,6,11-12H2,(H,25,27). The monoisotopic (exact) mass is 389 g/mol. The van der Waals surface area contributed by atoms with Crippen LogP contribution in [0.4, 0.5) is 18.9 Å². The number of benzene rings is 1. The van der Waals surface area contributed by atoms with E-state index in [0.29, 0.717) is 24.3 Å². The molecule has 3 rings (SSSR count). The normalized spacial score (nSPS) is 13.2. The van der Waals surface area contributed by atoms with E-state index in [9.17, 15) is 22.8 Å². The zero-order chi connectivity index (χ0) is 20.3. The summed E-state index contributed by atoms with van der Waals surface area (Å²) in [6, 6.07) is 6.39. The van der Waals surface area contributed by atoms with Crippen LogP contribution in [0.2, 0.25) is 0 Å². The number of carbonyl (C=O) groups is 2. The van der Waals surface area contributed by atoms with Crippen molar-refractivity contribution in [1.29, 1.82) is 0 Å². The number of amides is 2. The lowest BCUT2D eigenvalue weighted by Gasteiger charge is -2.11. The quantitative estimate of drug-likeness (QED) is 0.794. The summed E-state index contributed by atoms with van der Waals surface area (Å²) in [5, 5.41) is 2.74. The number of nitrogens with zero attached hydrogens (tertiary/aromatic N) is 2. The van der Waals surface area contributed by atoms with Gasteiger partial charge in [0.1, 0.15) is 0 Å². The molecule has 1 aliphatic heterocycles. The van der Waals surface area contributed by atoms with E-state index in [1.54, 1.807) is 17.0 Å². The van der Waals surface area contributed by atoms with Gasteiger partial charge < -0.3 is 10.2 Å². The molecule has 1 N–H and O–H groups in total. The fourth-order valence-corrected chi connectivity index (χ4v) is 3.02. The number of hydrogen-bond donors (Lipinski definition) is 1. The Morgan fingerprint density at radius 3 is 2.64 bits per heavy atom. The first-order valence-electron chi connectivity index (χ1n) is 8.60. The largest absolute Gasteiger partial charge is 0.417 e. The molecule has 146 valence electrons. The van der Waals surface area contributed by atoms with Crippen molar-refractivity contribution >= 4 is 17.5 Å². The van der Waals surface area contributed by atoms with E-state index in [1.807, 2.05) is 6.07 Å². The predicted molar refractivity (Wildman–Crippen MR) is 97.1 cm³/mol. The van der Waals surface area contributed by atoms with Crippen LogP contribution >= 0.6 is 0 Å². The van der Waals surface area contributed by atoms with Crippen molar-refractivity contribution in [2.75, 3.05) is 5.32 Å². The van der Waals surface area contributed by atoms with Crippen molar-refractivity contribution in [3.05, 3.63) is 71.6 Å². The number of aromatic nitrogens is 1. The minimum atomic E-state index is -4.46. The molecule has 28 heavy (non-hydrogen) atoms. The average molecular weight is 389 g/mol. The molecule has 0 bridgehead atoms. The van der Waals surface area contributed by atoms with Gasteiger partial charge in [0.05, 0.1) is 5.56 Å². The van der Waals surface area contributed by atoms with Crippen molar-refractivity contribution in [2.24, 2.45) is 0 Å².